The van der Waals surface area contributed by atoms with Gasteiger partial charge in [-0.05, 0) is 19.9 Å². The smallest absolute Gasteiger partial charge is 0.308 e. The van der Waals surface area contributed by atoms with Crippen molar-refractivity contribution in [1.82, 2.24) is 9.80 Å². The first-order chi connectivity index (χ1) is 8.58. The van der Waals surface area contributed by atoms with E-state index in [0.717, 1.165) is 0 Å². The first kappa shape index (κ1) is 14.9. The van der Waals surface area contributed by atoms with Crippen molar-refractivity contribution in [3.05, 3.63) is 0 Å². The number of ether oxygens (including phenoxy) is 1. The summed E-state index contributed by atoms with van der Waals surface area (Å²) in [5.41, 5.74) is 5.43. The van der Waals surface area contributed by atoms with Crippen molar-refractivity contribution >= 4 is 11.9 Å². The van der Waals surface area contributed by atoms with Crippen molar-refractivity contribution in [2.45, 2.75) is 12.8 Å². The third kappa shape index (κ3) is 4.27. The minimum atomic E-state index is -0.164. The van der Waals surface area contributed by atoms with Crippen LogP contribution in [0.2, 0.25) is 0 Å². The Morgan fingerprint density at radius 2 is 2.00 bits per heavy atom. The zero-order valence-corrected chi connectivity index (χ0v) is 11.2. The molecule has 0 atom stereocenters. The third-order valence-electron chi connectivity index (χ3n) is 3.30. The van der Waals surface area contributed by atoms with Gasteiger partial charge in [0.05, 0.1) is 19.6 Å². The molecule has 1 aliphatic heterocycles. The number of rotatable bonds is 5. The lowest BCUT2D eigenvalue weighted by Gasteiger charge is -2.31. The van der Waals surface area contributed by atoms with Crippen LogP contribution in [0, 0.1) is 5.92 Å². The predicted octanol–water partition coefficient (Wildman–Crippen LogP) is -0.711. The quantitative estimate of drug-likeness (QED) is 0.658. The van der Waals surface area contributed by atoms with Crippen LogP contribution in [-0.2, 0) is 14.3 Å². The second kappa shape index (κ2) is 7.33. The average Bonchev–Trinajstić information content (AvgIpc) is 2.38. The summed E-state index contributed by atoms with van der Waals surface area (Å²) in [5, 5.41) is 0. The van der Waals surface area contributed by atoms with E-state index in [2.05, 4.69) is 0 Å². The third-order valence-corrected chi connectivity index (χ3v) is 3.30. The molecular weight excluding hydrogens is 234 g/mol. The molecule has 6 nitrogen and oxygen atoms in total. The predicted molar refractivity (Wildman–Crippen MR) is 67.9 cm³/mol. The van der Waals surface area contributed by atoms with Crippen LogP contribution >= 0.6 is 0 Å². The molecule has 6 heteroatoms. The minimum absolute atomic E-state index is 0.0548. The Morgan fingerprint density at radius 3 is 2.50 bits per heavy atom. The summed E-state index contributed by atoms with van der Waals surface area (Å²) in [5.74, 6) is -0.113. The summed E-state index contributed by atoms with van der Waals surface area (Å²) in [6.45, 7) is 2.92. The highest BCUT2D eigenvalue weighted by Crippen LogP contribution is 2.18. The Morgan fingerprint density at radius 1 is 1.39 bits per heavy atom. The molecule has 1 rings (SSSR count). The van der Waals surface area contributed by atoms with Gasteiger partial charge in [-0.3, -0.25) is 14.5 Å². The molecule has 1 amide bonds. The van der Waals surface area contributed by atoms with Gasteiger partial charge in [-0.15, -0.1) is 0 Å². The molecule has 1 heterocycles. The molecule has 0 aliphatic carbocycles. The van der Waals surface area contributed by atoms with Crippen LogP contribution < -0.4 is 5.73 Å². The number of nitrogens with zero attached hydrogens (tertiary/aromatic N) is 2. The number of methoxy groups -OCH3 is 1. The van der Waals surface area contributed by atoms with E-state index in [0.29, 0.717) is 45.6 Å². The molecule has 0 radical (unpaired) electrons. The maximum atomic E-state index is 12.0. The van der Waals surface area contributed by atoms with Gasteiger partial charge in [-0.2, -0.15) is 0 Å². The second-order valence-electron chi connectivity index (χ2n) is 4.70. The molecule has 2 N–H and O–H groups in total. The minimum Gasteiger partial charge on any atom is -0.469 e. The molecule has 0 spiro atoms. The van der Waals surface area contributed by atoms with Crippen LogP contribution in [0.25, 0.3) is 0 Å². The summed E-state index contributed by atoms with van der Waals surface area (Å²) in [4.78, 5) is 27.0. The van der Waals surface area contributed by atoms with Gasteiger partial charge in [0.25, 0.3) is 0 Å². The molecule has 0 bridgehead atoms. The van der Waals surface area contributed by atoms with Crippen LogP contribution in [0.3, 0.4) is 0 Å². The summed E-state index contributed by atoms with van der Waals surface area (Å²) >= 11 is 0. The van der Waals surface area contributed by atoms with E-state index >= 15 is 0 Å². The average molecular weight is 257 g/mol. The van der Waals surface area contributed by atoms with E-state index < -0.39 is 0 Å². The first-order valence-corrected chi connectivity index (χ1v) is 6.32. The summed E-state index contributed by atoms with van der Waals surface area (Å²) < 4.78 is 4.72. The van der Waals surface area contributed by atoms with Gasteiger partial charge >= 0.3 is 5.97 Å². The molecule has 0 aromatic heterocycles. The number of likely N-dealkylation sites (N-methyl/N-ethyl adjacent to an activating group) is 1. The highest BCUT2D eigenvalue weighted by Gasteiger charge is 2.27. The molecule has 1 saturated heterocycles. The van der Waals surface area contributed by atoms with Crippen LogP contribution in [0.4, 0.5) is 0 Å². The van der Waals surface area contributed by atoms with Gasteiger partial charge in [-0.25, -0.2) is 0 Å². The van der Waals surface area contributed by atoms with Crippen LogP contribution in [0.5, 0.6) is 0 Å². The molecular formula is C12H23N3O3. The number of hydrogen-bond donors (Lipinski definition) is 1. The summed E-state index contributed by atoms with van der Waals surface area (Å²) in [7, 11) is 3.29. The first-order valence-electron chi connectivity index (χ1n) is 6.32. The number of carbonyl (C=O) groups is 2. The van der Waals surface area contributed by atoms with E-state index in [1.165, 1.54) is 7.11 Å². The summed E-state index contributed by atoms with van der Waals surface area (Å²) in [6.07, 6.45) is 1.39. The molecule has 18 heavy (non-hydrogen) atoms. The molecule has 0 aromatic rings. The molecule has 0 aromatic carbocycles. The Labute approximate surface area is 108 Å². The Hall–Kier alpha value is -1.14. The molecule has 0 unspecified atom stereocenters. The fourth-order valence-electron chi connectivity index (χ4n) is 2.16. The molecule has 0 saturated carbocycles. The zero-order valence-electron chi connectivity index (χ0n) is 11.2. The lowest BCUT2D eigenvalue weighted by Crippen LogP contribution is -2.45. The monoisotopic (exact) mass is 257 g/mol. The lowest BCUT2D eigenvalue weighted by atomic mass is 9.97. The lowest BCUT2D eigenvalue weighted by molar-refractivity contribution is -0.149. The normalized spacial score (nSPS) is 17.0. The van der Waals surface area contributed by atoms with E-state index in [1.807, 2.05) is 16.8 Å². The number of hydrogen-bond acceptors (Lipinski definition) is 5. The van der Waals surface area contributed by atoms with Crippen molar-refractivity contribution in [3.63, 3.8) is 0 Å². The largest absolute Gasteiger partial charge is 0.469 e. The van der Waals surface area contributed by atoms with E-state index in [-0.39, 0.29) is 17.8 Å². The van der Waals surface area contributed by atoms with Gasteiger partial charge in [0.15, 0.2) is 0 Å². The number of carbonyl (C=O) groups excluding carboxylic acids is 2. The maximum absolute atomic E-state index is 12.0. The Balaban J connectivity index is 2.33. The summed E-state index contributed by atoms with van der Waals surface area (Å²) in [6, 6.07) is 0. The Kier molecular flexibility index (Phi) is 6.07. The fourth-order valence-corrected chi connectivity index (χ4v) is 2.16. The van der Waals surface area contributed by atoms with Gasteiger partial charge in [0.1, 0.15) is 0 Å². The second-order valence-corrected chi connectivity index (χ2v) is 4.70. The van der Waals surface area contributed by atoms with Crippen molar-refractivity contribution in [3.8, 4) is 0 Å². The van der Waals surface area contributed by atoms with Crippen molar-refractivity contribution in [2.24, 2.45) is 11.7 Å². The van der Waals surface area contributed by atoms with Crippen LogP contribution in [-0.4, -0.2) is 68.6 Å². The highest BCUT2D eigenvalue weighted by atomic mass is 16.5. The van der Waals surface area contributed by atoms with Gasteiger partial charge in [0, 0.05) is 26.2 Å². The number of esters is 1. The molecule has 104 valence electrons. The van der Waals surface area contributed by atoms with Crippen molar-refractivity contribution in [1.29, 1.82) is 0 Å². The fraction of sp³-hybridized carbons (Fsp3) is 0.833. The van der Waals surface area contributed by atoms with Crippen molar-refractivity contribution in [2.75, 3.05) is 46.9 Å². The van der Waals surface area contributed by atoms with Crippen molar-refractivity contribution < 1.29 is 14.3 Å². The van der Waals surface area contributed by atoms with Crippen LogP contribution in [0.15, 0.2) is 0 Å². The van der Waals surface area contributed by atoms with Gasteiger partial charge < -0.3 is 15.4 Å². The number of likely N-dealkylation sites (tertiary alicyclic amines) is 1. The highest BCUT2D eigenvalue weighted by molar-refractivity contribution is 5.79. The SMILES string of the molecule is COC(=O)C1CCN(C(=O)CN(C)CCN)CC1. The molecule has 1 fully saturated rings. The van der Waals surface area contributed by atoms with Gasteiger partial charge in [-0.1, -0.05) is 0 Å². The number of piperidine rings is 1. The topological polar surface area (TPSA) is 75.9 Å². The Bertz CT molecular complexity index is 288. The van der Waals surface area contributed by atoms with Gasteiger partial charge in [0.2, 0.25) is 5.91 Å². The maximum Gasteiger partial charge on any atom is 0.308 e. The van der Waals surface area contributed by atoms with E-state index in [9.17, 15) is 9.59 Å². The van der Waals surface area contributed by atoms with E-state index in [1.54, 1.807) is 0 Å². The number of amides is 1. The van der Waals surface area contributed by atoms with Crippen LogP contribution in [0.1, 0.15) is 12.8 Å². The van der Waals surface area contributed by atoms with E-state index in [4.69, 9.17) is 10.5 Å². The molecule has 1 aliphatic rings. The zero-order chi connectivity index (χ0) is 13.5. The number of nitrogens with two attached hydrogens (primary N) is 1. The standard InChI is InChI=1S/C12H23N3O3/c1-14(8-5-13)9-11(16)15-6-3-10(4-7-15)12(17)18-2/h10H,3-9,13H2,1-2H3.